The summed E-state index contributed by atoms with van der Waals surface area (Å²) in [5.74, 6) is 0. The molecule has 2 heterocycles. The minimum atomic E-state index is -0.700. The van der Waals surface area contributed by atoms with Gasteiger partial charge in [-0.3, -0.25) is 0 Å². The van der Waals surface area contributed by atoms with Gasteiger partial charge in [0.25, 0.3) is 0 Å². The van der Waals surface area contributed by atoms with Gasteiger partial charge in [0.15, 0.2) is 0 Å². The van der Waals surface area contributed by atoms with Gasteiger partial charge in [0.2, 0.25) is 0 Å². The molecule has 1 aromatic heterocycles. The van der Waals surface area contributed by atoms with Crippen molar-refractivity contribution in [2.75, 3.05) is 6.61 Å². The van der Waals surface area contributed by atoms with Gasteiger partial charge < -0.3 is 9.84 Å². The second-order valence-electron chi connectivity index (χ2n) is 3.75. The third kappa shape index (κ3) is 1.96. The molecule has 1 N–H and O–H groups in total. The average Bonchev–Trinajstić information content (AvgIpc) is 2.62. The van der Waals surface area contributed by atoms with Gasteiger partial charge in [0.05, 0.1) is 16.0 Å². The fourth-order valence-electron chi connectivity index (χ4n) is 1.75. The summed E-state index contributed by atoms with van der Waals surface area (Å²) in [5.41, 5.74) is -0.700. The molecule has 0 aromatic carbocycles. The lowest BCUT2D eigenvalue weighted by molar-refractivity contribution is -0.0263. The van der Waals surface area contributed by atoms with Crippen molar-refractivity contribution in [3.63, 3.8) is 0 Å². The molecule has 14 heavy (non-hydrogen) atoms. The zero-order chi connectivity index (χ0) is 10.2. The van der Waals surface area contributed by atoms with E-state index in [-0.39, 0.29) is 6.10 Å². The molecule has 1 aromatic rings. The molecule has 0 saturated carbocycles. The van der Waals surface area contributed by atoms with Crippen LogP contribution in [-0.4, -0.2) is 23.4 Å². The summed E-state index contributed by atoms with van der Waals surface area (Å²) in [6.45, 7) is 2.57. The van der Waals surface area contributed by atoms with E-state index in [9.17, 15) is 5.11 Å². The van der Waals surface area contributed by atoms with Gasteiger partial charge >= 0.3 is 0 Å². The van der Waals surface area contributed by atoms with Crippen LogP contribution in [0.2, 0.25) is 4.34 Å². The Morgan fingerprint density at radius 1 is 1.71 bits per heavy atom. The molecule has 1 aliphatic rings. The molecular formula is C10H13ClO2S. The van der Waals surface area contributed by atoms with E-state index >= 15 is 0 Å². The molecule has 0 spiro atoms. The van der Waals surface area contributed by atoms with Crippen molar-refractivity contribution in [1.82, 2.24) is 0 Å². The minimum Gasteiger partial charge on any atom is -0.387 e. The highest BCUT2D eigenvalue weighted by molar-refractivity contribution is 7.16. The monoisotopic (exact) mass is 232 g/mol. The van der Waals surface area contributed by atoms with Crippen LogP contribution in [0.4, 0.5) is 0 Å². The standard InChI is InChI=1S/C10H13ClO2S/c1-7-10(12,4-5-13-7)6-8-2-3-9(11)14-8/h2-3,7,12H,4-6H2,1H3. The predicted molar refractivity (Wildman–Crippen MR) is 58.0 cm³/mol. The SMILES string of the molecule is CC1OCCC1(O)Cc1ccc(Cl)s1. The van der Waals surface area contributed by atoms with Gasteiger partial charge in [-0.2, -0.15) is 0 Å². The first kappa shape index (κ1) is 10.4. The highest BCUT2D eigenvalue weighted by Gasteiger charge is 2.39. The Balaban J connectivity index is 2.10. The van der Waals surface area contributed by atoms with E-state index in [1.54, 1.807) is 0 Å². The number of thiophene rings is 1. The Morgan fingerprint density at radius 3 is 3.00 bits per heavy atom. The summed E-state index contributed by atoms with van der Waals surface area (Å²) in [6.07, 6.45) is 1.28. The van der Waals surface area contributed by atoms with Crippen LogP contribution in [0.1, 0.15) is 18.2 Å². The molecular weight excluding hydrogens is 220 g/mol. The molecule has 1 saturated heterocycles. The molecule has 1 aliphatic heterocycles. The summed E-state index contributed by atoms with van der Waals surface area (Å²) < 4.78 is 6.14. The first-order valence-electron chi connectivity index (χ1n) is 4.68. The van der Waals surface area contributed by atoms with E-state index in [0.717, 1.165) is 9.21 Å². The van der Waals surface area contributed by atoms with Crippen molar-refractivity contribution in [3.8, 4) is 0 Å². The van der Waals surface area contributed by atoms with Gasteiger partial charge in [-0.25, -0.2) is 0 Å². The number of aliphatic hydroxyl groups is 1. The fraction of sp³-hybridized carbons (Fsp3) is 0.600. The lowest BCUT2D eigenvalue weighted by atomic mass is 9.92. The maximum Gasteiger partial charge on any atom is 0.0975 e. The first-order chi connectivity index (χ1) is 6.60. The Labute approximate surface area is 92.5 Å². The van der Waals surface area contributed by atoms with Gasteiger partial charge in [0.1, 0.15) is 0 Å². The van der Waals surface area contributed by atoms with Gasteiger partial charge in [-0.05, 0) is 19.1 Å². The molecule has 2 rings (SSSR count). The van der Waals surface area contributed by atoms with Crippen molar-refractivity contribution in [1.29, 1.82) is 0 Å². The van der Waals surface area contributed by atoms with E-state index in [0.29, 0.717) is 19.4 Å². The lowest BCUT2D eigenvalue weighted by Crippen LogP contribution is -2.38. The summed E-state index contributed by atoms with van der Waals surface area (Å²) in [6, 6.07) is 3.83. The molecule has 0 radical (unpaired) electrons. The Bertz CT molecular complexity index is 326. The molecule has 0 aliphatic carbocycles. The van der Waals surface area contributed by atoms with Crippen LogP contribution >= 0.6 is 22.9 Å². The number of hydrogen-bond donors (Lipinski definition) is 1. The molecule has 2 unspecified atom stereocenters. The minimum absolute atomic E-state index is 0.0802. The third-order valence-corrected chi connectivity index (χ3v) is 4.00. The van der Waals surface area contributed by atoms with Crippen LogP contribution in [0.15, 0.2) is 12.1 Å². The van der Waals surface area contributed by atoms with E-state index in [2.05, 4.69) is 0 Å². The topological polar surface area (TPSA) is 29.5 Å². The largest absolute Gasteiger partial charge is 0.387 e. The summed E-state index contributed by atoms with van der Waals surface area (Å²) in [5, 5.41) is 10.3. The summed E-state index contributed by atoms with van der Waals surface area (Å²) >= 11 is 7.36. The van der Waals surface area contributed by atoms with E-state index in [1.165, 1.54) is 11.3 Å². The van der Waals surface area contributed by atoms with Crippen LogP contribution < -0.4 is 0 Å². The normalized spacial score (nSPS) is 32.4. The first-order valence-corrected chi connectivity index (χ1v) is 5.88. The quantitative estimate of drug-likeness (QED) is 0.849. The molecule has 1 fully saturated rings. The van der Waals surface area contributed by atoms with Crippen LogP contribution in [0.3, 0.4) is 0 Å². The highest BCUT2D eigenvalue weighted by atomic mass is 35.5. The van der Waals surface area contributed by atoms with Crippen LogP contribution in [-0.2, 0) is 11.2 Å². The van der Waals surface area contributed by atoms with Crippen LogP contribution in [0.5, 0.6) is 0 Å². The van der Waals surface area contributed by atoms with E-state index in [4.69, 9.17) is 16.3 Å². The van der Waals surface area contributed by atoms with Gasteiger partial charge in [-0.1, -0.05) is 11.6 Å². The molecule has 0 amide bonds. The average molecular weight is 233 g/mol. The van der Waals surface area contributed by atoms with Crippen molar-refractivity contribution < 1.29 is 9.84 Å². The van der Waals surface area contributed by atoms with Gasteiger partial charge in [0, 0.05) is 24.3 Å². The molecule has 4 heteroatoms. The van der Waals surface area contributed by atoms with Crippen molar-refractivity contribution >= 4 is 22.9 Å². The van der Waals surface area contributed by atoms with E-state index in [1.807, 2.05) is 19.1 Å². The second kappa shape index (κ2) is 3.81. The smallest absolute Gasteiger partial charge is 0.0975 e. The maximum atomic E-state index is 10.3. The molecule has 2 atom stereocenters. The Morgan fingerprint density at radius 2 is 2.50 bits per heavy atom. The Hall–Kier alpha value is -0.0900. The van der Waals surface area contributed by atoms with Gasteiger partial charge in [-0.15, -0.1) is 11.3 Å². The second-order valence-corrected chi connectivity index (χ2v) is 5.55. The van der Waals surface area contributed by atoms with Crippen molar-refractivity contribution in [2.45, 2.75) is 31.5 Å². The molecule has 78 valence electrons. The Kier molecular flexibility index (Phi) is 2.84. The zero-order valence-electron chi connectivity index (χ0n) is 8.00. The highest BCUT2D eigenvalue weighted by Crippen LogP contribution is 2.32. The third-order valence-electron chi connectivity index (χ3n) is 2.77. The number of halogens is 1. The van der Waals surface area contributed by atoms with E-state index < -0.39 is 5.60 Å². The number of ether oxygens (including phenoxy) is 1. The summed E-state index contributed by atoms with van der Waals surface area (Å²) in [7, 11) is 0. The molecule has 2 nitrogen and oxygen atoms in total. The van der Waals surface area contributed by atoms with Crippen molar-refractivity contribution in [2.24, 2.45) is 0 Å². The zero-order valence-corrected chi connectivity index (χ0v) is 9.57. The predicted octanol–water partition coefficient (Wildman–Crippen LogP) is 2.48. The fourth-order valence-corrected chi connectivity index (χ4v) is 2.96. The lowest BCUT2D eigenvalue weighted by Gasteiger charge is -2.25. The number of rotatable bonds is 2. The maximum absolute atomic E-state index is 10.3. The molecule has 0 bridgehead atoms. The van der Waals surface area contributed by atoms with Crippen molar-refractivity contribution in [3.05, 3.63) is 21.3 Å². The van der Waals surface area contributed by atoms with Crippen LogP contribution in [0, 0.1) is 0 Å². The number of hydrogen-bond acceptors (Lipinski definition) is 3. The summed E-state index contributed by atoms with van der Waals surface area (Å²) in [4.78, 5) is 1.12. The van der Waals surface area contributed by atoms with Crippen LogP contribution in [0.25, 0.3) is 0 Å².